The van der Waals surface area contributed by atoms with E-state index in [0.717, 1.165) is 0 Å². The topological polar surface area (TPSA) is 127 Å². The number of hydrogen-bond acceptors (Lipinski definition) is 5. The molecular weight excluding hydrogens is 252 g/mol. The van der Waals surface area contributed by atoms with Crippen LogP contribution >= 0.6 is 0 Å². The Morgan fingerprint density at radius 3 is 2.63 bits per heavy atom. The van der Waals surface area contributed by atoms with Crippen LogP contribution in [-0.2, 0) is 4.79 Å². The summed E-state index contributed by atoms with van der Waals surface area (Å²) in [4.78, 5) is 32.5. The molecule has 0 aromatic heterocycles. The second-order valence-corrected chi connectivity index (χ2v) is 3.71. The van der Waals surface area contributed by atoms with Crippen LogP contribution in [0.25, 0.3) is 0 Å². The van der Waals surface area contributed by atoms with Crippen LogP contribution in [0, 0.1) is 10.1 Å². The molecule has 0 aliphatic rings. The van der Waals surface area contributed by atoms with Crippen molar-refractivity contribution in [3.8, 4) is 0 Å². The third kappa shape index (κ3) is 3.95. The molecule has 1 aromatic rings. The quantitative estimate of drug-likeness (QED) is 0.502. The second kappa shape index (κ2) is 6.34. The summed E-state index contributed by atoms with van der Waals surface area (Å²) in [5, 5.41) is 15.9. The maximum absolute atomic E-state index is 11.9. The first-order chi connectivity index (χ1) is 8.95. The average Bonchev–Trinajstić information content (AvgIpc) is 2.37. The van der Waals surface area contributed by atoms with Gasteiger partial charge in [-0.3, -0.25) is 19.7 Å². The Kier molecular flexibility index (Phi) is 4.81. The van der Waals surface area contributed by atoms with Crippen molar-refractivity contribution < 1.29 is 14.5 Å². The fourth-order valence-electron chi connectivity index (χ4n) is 1.45. The number of nitrogens with zero attached hydrogens (tertiary/aromatic N) is 1. The summed E-state index contributed by atoms with van der Waals surface area (Å²) < 4.78 is 0. The smallest absolute Gasteiger partial charge is 0.270 e. The maximum Gasteiger partial charge on any atom is 0.270 e. The predicted molar refractivity (Wildman–Crippen MR) is 68.8 cm³/mol. The summed E-state index contributed by atoms with van der Waals surface area (Å²) in [5.41, 5.74) is 5.36. The van der Waals surface area contributed by atoms with Crippen LogP contribution in [-0.4, -0.2) is 30.3 Å². The van der Waals surface area contributed by atoms with Gasteiger partial charge >= 0.3 is 0 Å². The second-order valence-electron chi connectivity index (χ2n) is 3.71. The minimum Gasteiger partial charge on any atom is -0.387 e. The van der Waals surface area contributed by atoms with Gasteiger partial charge in [0.1, 0.15) is 0 Å². The van der Waals surface area contributed by atoms with Crippen molar-refractivity contribution in [1.29, 1.82) is 0 Å². The van der Waals surface area contributed by atoms with E-state index in [-0.39, 0.29) is 24.2 Å². The van der Waals surface area contributed by atoms with Gasteiger partial charge in [-0.25, -0.2) is 0 Å². The number of non-ortho nitro benzene ring substituents is 1. The van der Waals surface area contributed by atoms with Gasteiger partial charge in [-0.1, -0.05) is 0 Å². The fourth-order valence-corrected chi connectivity index (χ4v) is 1.45. The summed E-state index contributed by atoms with van der Waals surface area (Å²) in [6, 6.07) is 3.92. The van der Waals surface area contributed by atoms with E-state index in [1.54, 1.807) is 7.05 Å². The van der Waals surface area contributed by atoms with Gasteiger partial charge in [0.15, 0.2) is 0 Å². The van der Waals surface area contributed by atoms with Crippen molar-refractivity contribution in [3.63, 3.8) is 0 Å². The van der Waals surface area contributed by atoms with E-state index in [9.17, 15) is 19.7 Å². The van der Waals surface area contributed by atoms with Crippen LogP contribution in [0.4, 0.5) is 11.4 Å². The number of hydrogen-bond donors (Lipinski definition) is 3. The van der Waals surface area contributed by atoms with Crippen molar-refractivity contribution in [2.45, 2.75) is 6.42 Å². The molecule has 0 bridgehead atoms. The van der Waals surface area contributed by atoms with Crippen molar-refractivity contribution in [2.24, 2.45) is 5.73 Å². The van der Waals surface area contributed by atoms with Crippen LogP contribution in [0.15, 0.2) is 18.2 Å². The Morgan fingerprint density at radius 1 is 1.42 bits per heavy atom. The van der Waals surface area contributed by atoms with E-state index in [2.05, 4.69) is 10.6 Å². The first-order valence-corrected chi connectivity index (χ1v) is 5.48. The van der Waals surface area contributed by atoms with Gasteiger partial charge < -0.3 is 16.4 Å². The number of rotatable bonds is 6. The first kappa shape index (κ1) is 14.4. The van der Waals surface area contributed by atoms with Gasteiger partial charge in [0.2, 0.25) is 5.91 Å². The molecule has 0 aliphatic heterocycles. The number of benzene rings is 1. The van der Waals surface area contributed by atoms with Gasteiger partial charge in [0, 0.05) is 37.8 Å². The lowest BCUT2D eigenvalue weighted by Gasteiger charge is -2.09. The third-order valence-electron chi connectivity index (χ3n) is 2.38. The monoisotopic (exact) mass is 266 g/mol. The highest BCUT2D eigenvalue weighted by Crippen LogP contribution is 2.21. The van der Waals surface area contributed by atoms with Gasteiger partial charge in [-0.15, -0.1) is 0 Å². The standard InChI is InChI=1S/C11H14N4O4/c1-13-9-3-2-7(15(18)19)6-8(9)11(17)14-5-4-10(12)16/h2-3,6,13H,4-5H2,1H3,(H2,12,16)(H,14,17). The molecule has 0 aliphatic carbocycles. The summed E-state index contributed by atoms with van der Waals surface area (Å²) in [5.74, 6) is -1.04. The Hall–Kier alpha value is -2.64. The minimum absolute atomic E-state index is 0.00948. The number of amides is 2. The van der Waals surface area contributed by atoms with Crippen molar-refractivity contribution in [3.05, 3.63) is 33.9 Å². The largest absolute Gasteiger partial charge is 0.387 e. The highest BCUT2D eigenvalue weighted by atomic mass is 16.6. The molecule has 0 fully saturated rings. The maximum atomic E-state index is 11.9. The van der Waals surface area contributed by atoms with Crippen LogP contribution in [0.5, 0.6) is 0 Å². The summed E-state index contributed by atoms with van der Waals surface area (Å²) in [6.07, 6.45) is 0.00948. The van der Waals surface area contributed by atoms with Crippen LogP contribution in [0.3, 0.4) is 0 Å². The predicted octanol–water partition coefficient (Wildman–Crippen LogP) is 0.242. The molecule has 8 heteroatoms. The molecule has 0 radical (unpaired) electrons. The molecule has 4 N–H and O–H groups in total. The molecule has 19 heavy (non-hydrogen) atoms. The SMILES string of the molecule is CNc1ccc([N+](=O)[O-])cc1C(=O)NCCC(N)=O. The highest BCUT2D eigenvalue weighted by molar-refractivity contribution is 6.00. The Morgan fingerprint density at radius 2 is 2.11 bits per heavy atom. The van der Waals surface area contributed by atoms with Gasteiger partial charge in [0.25, 0.3) is 11.6 Å². The number of anilines is 1. The Labute approximate surface area is 109 Å². The number of carbonyl (C=O) groups is 2. The van der Waals surface area contributed by atoms with Gasteiger partial charge in [0.05, 0.1) is 10.5 Å². The number of nitrogens with two attached hydrogens (primary N) is 1. The van der Waals surface area contributed by atoms with E-state index in [1.807, 2.05) is 0 Å². The number of nitrogens with one attached hydrogen (secondary N) is 2. The number of nitro groups is 1. The third-order valence-corrected chi connectivity index (χ3v) is 2.38. The molecule has 102 valence electrons. The zero-order chi connectivity index (χ0) is 14.4. The van der Waals surface area contributed by atoms with Crippen molar-refractivity contribution >= 4 is 23.2 Å². The molecule has 0 saturated heterocycles. The lowest BCUT2D eigenvalue weighted by Crippen LogP contribution is -2.28. The van der Waals surface area contributed by atoms with E-state index >= 15 is 0 Å². The number of primary amides is 1. The molecule has 0 unspecified atom stereocenters. The molecule has 2 amide bonds. The lowest BCUT2D eigenvalue weighted by molar-refractivity contribution is -0.384. The molecule has 0 atom stereocenters. The Bertz CT molecular complexity index is 515. The summed E-state index contributed by atoms with van der Waals surface area (Å²) in [7, 11) is 1.60. The number of carbonyl (C=O) groups excluding carboxylic acids is 2. The van der Waals surface area contributed by atoms with E-state index in [4.69, 9.17) is 5.73 Å². The molecule has 0 spiro atoms. The lowest BCUT2D eigenvalue weighted by atomic mass is 10.1. The zero-order valence-corrected chi connectivity index (χ0v) is 10.3. The molecule has 0 saturated carbocycles. The van der Waals surface area contributed by atoms with Crippen LogP contribution in [0.1, 0.15) is 16.8 Å². The summed E-state index contributed by atoms with van der Waals surface area (Å²) in [6.45, 7) is 0.0833. The Balaban J connectivity index is 2.89. The van der Waals surface area contributed by atoms with E-state index in [1.165, 1.54) is 18.2 Å². The first-order valence-electron chi connectivity index (χ1n) is 5.48. The summed E-state index contributed by atoms with van der Waals surface area (Å²) >= 11 is 0. The normalized spacial score (nSPS) is 9.74. The van der Waals surface area contributed by atoms with Gasteiger partial charge in [-0.05, 0) is 6.07 Å². The average molecular weight is 266 g/mol. The fraction of sp³-hybridized carbons (Fsp3) is 0.273. The zero-order valence-electron chi connectivity index (χ0n) is 10.3. The highest BCUT2D eigenvalue weighted by Gasteiger charge is 2.15. The van der Waals surface area contributed by atoms with Crippen molar-refractivity contribution in [1.82, 2.24) is 5.32 Å². The molecule has 1 rings (SSSR count). The minimum atomic E-state index is -0.584. The molecule has 0 heterocycles. The van der Waals surface area contributed by atoms with Crippen LogP contribution in [0.2, 0.25) is 0 Å². The van der Waals surface area contributed by atoms with E-state index < -0.39 is 16.7 Å². The molecule has 1 aromatic carbocycles. The van der Waals surface area contributed by atoms with E-state index in [0.29, 0.717) is 5.69 Å². The molecular formula is C11H14N4O4. The molecule has 8 nitrogen and oxygen atoms in total. The van der Waals surface area contributed by atoms with Crippen molar-refractivity contribution in [2.75, 3.05) is 18.9 Å². The van der Waals surface area contributed by atoms with Gasteiger partial charge in [-0.2, -0.15) is 0 Å². The van der Waals surface area contributed by atoms with Crippen LogP contribution < -0.4 is 16.4 Å². The number of nitro benzene ring substituents is 1.